The van der Waals surface area contributed by atoms with Gasteiger partial charge in [0.25, 0.3) is 0 Å². The third kappa shape index (κ3) is 3.89. The fraction of sp³-hybridized carbons (Fsp3) is 0.500. The summed E-state index contributed by atoms with van der Waals surface area (Å²) in [6.07, 6.45) is 1.53. The Kier molecular flexibility index (Phi) is 5.25. The van der Waals surface area contributed by atoms with E-state index in [9.17, 15) is 18.3 Å². The van der Waals surface area contributed by atoms with Crippen molar-refractivity contribution in [1.82, 2.24) is 4.72 Å². The summed E-state index contributed by atoms with van der Waals surface area (Å²) in [6.45, 7) is 2.63. The molecular weight excluding hydrogens is 310 g/mol. The standard InChI is InChI=1S/C14H19NO6S/c1-2-3-4-11(14(16)17)15-22(18,19)10-5-6-12-13(9-10)21-8-7-20-12/h5-6,9,11,15H,2-4,7-8H2,1H3,(H,16,17)/p-1/t11-/m0/s1. The van der Waals surface area contributed by atoms with Gasteiger partial charge in [-0.2, -0.15) is 0 Å². The predicted molar refractivity (Wildman–Crippen MR) is 76.1 cm³/mol. The van der Waals surface area contributed by atoms with Crippen molar-refractivity contribution in [3.63, 3.8) is 0 Å². The van der Waals surface area contributed by atoms with Crippen molar-refractivity contribution < 1.29 is 27.8 Å². The van der Waals surface area contributed by atoms with Crippen LogP contribution in [0.4, 0.5) is 0 Å². The summed E-state index contributed by atoms with van der Waals surface area (Å²) in [5.74, 6) is -0.644. The first kappa shape index (κ1) is 16.6. The summed E-state index contributed by atoms with van der Waals surface area (Å²) in [5, 5.41) is 11.1. The molecule has 7 nitrogen and oxygen atoms in total. The minimum atomic E-state index is -3.97. The van der Waals surface area contributed by atoms with E-state index in [1.807, 2.05) is 6.92 Å². The van der Waals surface area contributed by atoms with Crippen molar-refractivity contribution in [3.05, 3.63) is 18.2 Å². The topological polar surface area (TPSA) is 105 Å². The Bertz CT molecular complexity index is 643. The Labute approximate surface area is 129 Å². The van der Waals surface area contributed by atoms with Gasteiger partial charge in [-0.15, -0.1) is 0 Å². The molecule has 0 saturated carbocycles. The highest BCUT2D eigenvalue weighted by atomic mass is 32.2. The molecule has 1 heterocycles. The molecule has 0 fully saturated rings. The third-order valence-electron chi connectivity index (χ3n) is 3.25. The molecule has 22 heavy (non-hydrogen) atoms. The molecule has 1 N–H and O–H groups in total. The zero-order valence-electron chi connectivity index (χ0n) is 12.2. The number of carbonyl (C=O) groups excluding carboxylic acids is 1. The van der Waals surface area contributed by atoms with Gasteiger partial charge in [0.2, 0.25) is 10.0 Å². The molecule has 0 radical (unpaired) electrons. The number of nitrogens with one attached hydrogen (secondary N) is 1. The van der Waals surface area contributed by atoms with Crippen molar-refractivity contribution in [2.75, 3.05) is 13.2 Å². The molecule has 0 unspecified atom stereocenters. The molecule has 0 aromatic heterocycles. The third-order valence-corrected chi connectivity index (χ3v) is 4.72. The first-order valence-electron chi connectivity index (χ1n) is 7.07. The largest absolute Gasteiger partial charge is 0.548 e. The second-order valence-electron chi connectivity index (χ2n) is 4.94. The van der Waals surface area contributed by atoms with E-state index in [0.717, 1.165) is 6.42 Å². The fourth-order valence-corrected chi connectivity index (χ4v) is 3.31. The highest BCUT2D eigenvalue weighted by Crippen LogP contribution is 2.32. The van der Waals surface area contributed by atoms with E-state index in [1.165, 1.54) is 18.2 Å². The van der Waals surface area contributed by atoms with E-state index < -0.39 is 22.0 Å². The Hall–Kier alpha value is -1.80. The highest BCUT2D eigenvalue weighted by molar-refractivity contribution is 7.89. The molecule has 0 bridgehead atoms. The number of sulfonamides is 1. The Morgan fingerprint density at radius 1 is 1.32 bits per heavy atom. The summed E-state index contributed by atoms with van der Waals surface area (Å²) in [7, 11) is -3.97. The van der Waals surface area contributed by atoms with Gasteiger partial charge in [0, 0.05) is 6.07 Å². The number of rotatable bonds is 7. The lowest BCUT2D eigenvalue weighted by atomic mass is 10.1. The van der Waals surface area contributed by atoms with Crippen LogP contribution in [0.5, 0.6) is 11.5 Å². The normalized spacial score (nSPS) is 15.3. The number of carbonyl (C=O) groups is 1. The van der Waals surface area contributed by atoms with Crippen LogP contribution in [0.3, 0.4) is 0 Å². The van der Waals surface area contributed by atoms with E-state index in [-0.39, 0.29) is 11.3 Å². The van der Waals surface area contributed by atoms with Gasteiger partial charge in [-0.3, -0.25) is 0 Å². The van der Waals surface area contributed by atoms with Crippen molar-refractivity contribution in [2.45, 2.75) is 37.1 Å². The van der Waals surface area contributed by atoms with Gasteiger partial charge in [0.05, 0.1) is 16.9 Å². The van der Waals surface area contributed by atoms with Crippen LogP contribution in [-0.4, -0.2) is 33.6 Å². The molecule has 1 aliphatic rings. The predicted octanol–water partition coefficient (Wildman–Crippen LogP) is 0.0448. The number of hydrogen-bond acceptors (Lipinski definition) is 6. The summed E-state index contributed by atoms with van der Waals surface area (Å²) in [6, 6.07) is 2.91. The van der Waals surface area contributed by atoms with E-state index in [0.29, 0.717) is 31.1 Å². The molecule has 1 aromatic carbocycles. The Balaban J connectivity index is 2.20. The van der Waals surface area contributed by atoms with E-state index >= 15 is 0 Å². The van der Waals surface area contributed by atoms with Crippen LogP contribution < -0.4 is 19.3 Å². The molecule has 8 heteroatoms. The van der Waals surface area contributed by atoms with Gasteiger partial charge in [-0.05, 0) is 18.6 Å². The molecule has 0 spiro atoms. The summed E-state index contributed by atoms with van der Waals surface area (Å²) in [4.78, 5) is 11.0. The summed E-state index contributed by atoms with van der Waals surface area (Å²) < 4.78 is 37.4. The smallest absolute Gasteiger partial charge is 0.241 e. The maximum Gasteiger partial charge on any atom is 0.241 e. The zero-order valence-corrected chi connectivity index (χ0v) is 13.0. The molecule has 0 saturated heterocycles. The SMILES string of the molecule is CCCC[C@H](NS(=O)(=O)c1ccc2c(c1)OCCO2)C(=O)[O-]. The molecule has 1 atom stereocenters. The van der Waals surface area contributed by atoms with Crippen LogP contribution in [0.25, 0.3) is 0 Å². The van der Waals surface area contributed by atoms with Crippen LogP contribution in [0.15, 0.2) is 23.1 Å². The minimum Gasteiger partial charge on any atom is -0.548 e. The number of ether oxygens (including phenoxy) is 2. The van der Waals surface area contributed by atoms with E-state index in [4.69, 9.17) is 9.47 Å². The van der Waals surface area contributed by atoms with Gasteiger partial charge in [-0.1, -0.05) is 19.8 Å². The average molecular weight is 328 g/mol. The number of carboxylic acid groups (broad SMARTS) is 1. The highest BCUT2D eigenvalue weighted by Gasteiger charge is 2.23. The van der Waals surface area contributed by atoms with Crippen LogP contribution in [0.1, 0.15) is 26.2 Å². The lowest BCUT2D eigenvalue weighted by Gasteiger charge is -2.21. The van der Waals surface area contributed by atoms with Crippen molar-refractivity contribution in [1.29, 1.82) is 0 Å². The van der Waals surface area contributed by atoms with Crippen LogP contribution in [-0.2, 0) is 14.8 Å². The van der Waals surface area contributed by atoms with Gasteiger partial charge >= 0.3 is 0 Å². The molecule has 2 rings (SSSR count). The molecule has 0 amide bonds. The monoisotopic (exact) mass is 328 g/mol. The Morgan fingerprint density at radius 2 is 2.00 bits per heavy atom. The number of unbranched alkanes of at least 4 members (excludes halogenated alkanes) is 1. The number of carboxylic acids is 1. The first-order chi connectivity index (χ1) is 10.4. The minimum absolute atomic E-state index is 0.0699. The second-order valence-corrected chi connectivity index (χ2v) is 6.65. The van der Waals surface area contributed by atoms with Crippen molar-refractivity contribution >= 4 is 16.0 Å². The average Bonchev–Trinajstić information content (AvgIpc) is 2.50. The lowest BCUT2D eigenvalue weighted by molar-refractivity contribution is -0.308. The number of hydrogen-bond donors (Lipinski definition) is 1. The van der Waals surface area contributed by atoms with E-state index in [2.05, 4.69) is 4.72 Å². The van der Waals surface area contributed by atoms with E-state index in [1.54, 1.807) is 0 Å². The molecule has 0 aliphatic carbocycles. The number of fused-ring (bicyclic) bond motifs is 1. The van der Waals surface area contributed by atoms with Gasteiger partial charge in [-0.25, -0.2) is 13.1 Å². The van der Waals surface area contributed by atoms with Crippen LogP contribution >= 0.6 is 0 Å². The quantitative estimate of drug-likeness (QED) is 0.758. The molecule has 1 aliphatic heterocycles. The number of aliphatic carboxylic acids is 1. The summed E-state index contributed by atoms with van der Waals surface area (Å²) >= 11 is 0. The van der Waals surface area contributed by atoms with Crippen molar-refractivity contribution in [2.24, 2.45) is 0 Å². The van der Waals surface area contributed by atoms with Gasteiger partial charge in [0.15, 0.2) is 11.5 Å². The fourth-order valence-electron chi connectivity index (χ4n) is 2.08. The summed E-state index contributed by atoms with van der Waals surface area (Å²) in [5.41, 5.74) is 0. The molecular formula is C14H18NO6S-. The molecule has 122 valence electrons. The lowest BCUT2D eigenvalue weighted by Crippen LogP contribution is -2.47. The van der Waals surface area contributed by atoms with Crippen LogP contribution in [0.2, 0.25) is 0 Å². The van der Waals surface area contributed by atoms with Gasteiger partial charge in [0.1, 0.15) is 13.2 Å². The maximum atomic E-state index is 12.3. The molecule has 1 aromatic rings. The van der Waals surface area contributed by atoms with Crippen molar-refractivity contribution in [3.8, 4) is 11.5 Å². The zero-order chi connectivity index (χ0) is 16.2. The maximum absolute atomic E-state index is 12.3. The second kappa shape index (κ2) is 6.97. The van der Waals surface area contributed by atoms with Gasteiger partial charge < -0.3 is 19.4 Å². The Morgan fingerprint density at radius 3 is 2.64 bits per heavy atom. The first-order valence-corrected chi connectivity index (χ1v) is 8.55. The van der Waals surface area contributed by atoms with Crippen LogP contribution in [0, 0.1) is 0 Å². The number of benzene rings is 1.